The first-order valence-electron chi connectivity index (χ1n) is 10.8. The number of amides is 2. The number of carbonyl (C=O) groups is 2. The third kappa shape index (κ3) is 5.76. The van der Waals surface area contributed by atoms with Crippen LogP contribution in [-0.4, -0.2) is 59.6 Å². The first-order valence-corrected chi connectivity index (χ1v) is 10.8. The van der Waals surface area contributed by atoms with Crippen molar-refractivity contribution < 1.29 is 23.5 Å². The maximum atomic E-state index is 13.6. The van der Waals surface area contributed by atoms with Gasteiger partial charge in [0.15, 0.2) is 0 Å². The fourth-order valence-electron chi connectivity index (χ4n) is 4.34. The van der Waals surface area contributed by atoms with E-state index in [0.29, 0.717) is 18.7 Å². The van der Waals surface area contributed by atoms with E-state index in [0.717, 1.165) is 38.3 Å². The van der Waals surface area contributed by atoms with E-state index in [-0.39, 0.29) is 30.7 Å². The monoisotopic (exact) mass is 423 g/mol. The van der Waals surface area contributed by atoms with Gasteiger partial charge in [-0.25, -0.2) is 8.78 Å². The highest BCUT2D eigenvalue weighted by molar-refractivity contribution is 5.89. The second-order valence-electron chi connectivity index (χ2n) is 8.38. The highest BCUT2D eigenvalue weighted by Crippen LogP contribution is 2.21. The average Bonchev–Trinajstić information content (AvgIpc) is 3.34. The summed E-state index contributed by atoms with van der Waals surface area (Å²) < 4.78 is 27.3. The molecule has 2 aliphatic rings. The number of hydrogen-bond donors (Lipinski definition) is 3. The van der Waals surface area contributed by atoms with Crippen LogP contribution in [0.1, 0.15) is 44.6 Å². The lowest BCUT2D eigenvalue weighted by Crippen LogP contribution is -2.53. The van der Waals surface area contributed by atoms with Crippen LogP contribution in [0.3, 0.4) is 0 Å². The summed E-state index contributed by atoms with van der Waals surface area (Å²) in [6, 6.07) is 2.31. The van der Waals surface area contributed by atoms with Crippen LogP contribution in [-0.2, 0) is 16.0 Å². The number of likely N-dealkylation sites (tertiary alicyclic amines) is 1. The molecule has 166 valence electrons. The molecule has 2 heterocycles. The molecule has 0 radical (unpaired) electrons. The minimum absolute atomic E-state index is 0.0367. The maximum absolute atomic E-state index is 13.6. The summed E-state index contributed by atoms with van der Waals surface area (Å²) in [4.78, 5) is 26.8. The van der Waals surface area contributed by atoms with Crippen molar-refractivity contribution >= 4 is 11.8 Å². The van der Waals surface area contributed by atoms with Gasteiger partial charge in [0.1, 0.15) is 11.6 Å². The van der Waals surface area contributed by atoms with Crippen molar-refractivity contribution in [3.05, 3.63) is 35.4 Å². The lowest BCUT2D eigenvalue weighted by Gasteiger charge is -2.29. The maximum Gasteiger partial charge on any atom is 0.225 e. The molecular formula is C22H31F2N3O3. The van der Waals surface area contributed by atoms with Gasteiger partial charge in [0.05, 0.1) is 18.1 Å². The minimum atomic E-state index is -0.906. The fourth-order valence-corrected chi connectivity index (χ4v) is 4.34. The average molecular weight is 424 g/mol. The van der Waals surface area contributed by atoms with Gasteiger partial charge in [-0.05, 0) is 49.9 Å². The molecule has 0 bridgehead atoms. The summed E-state index contributed by atoms with van der Waals surface area (Å²) in [5, 5.41) is 17.0. The van der Waals surface area contributed by atoms with Crippen molar-refractivity contribution in [2.24, 2.45) is 5.92 Å². The number of aliphatic hydroxyl groups is 1. The van der Waals surface area contributed by atoms with E-state index in [1.54, 1.807) is 4.90 Å². The van der Waals surface area contributed by atoms with Crippen LogP contribution in [0.25, 0.3) is 0 Å². The van der Waals surface area contributed by atoms with Gasteiger partial charge in [-0.15, -0.1) is 0 Å². The van der Waals surface area contributed by atoms with Gasteiger partial charge in [-0.3, -0.25) is 9.59 Å². The Labute approximate surface area is 176 Å². The molecule has 0 aliphatic carbocycles. The number of halogens is 2. The van der Waals surface area contributed by atoms with Gasteiger partial charge >= 0.3 is 0 Å². The van der Waals surface area contributed by atoms with Crippen LogP contribution in [0.2, 0.25) is 0 Å². The number of hydrogen-bond acceptors (Lipinski definition) is 4. The van der Waals surface area contributed by atoms with Crippen LogP contribution >= 0.6 is 0 Å². The molecule has 2 saturated heterocycles. The Hall–Kier alpha value is -2.06. The number of rotatable bonds is 9. The Balaban J connectivity index is 1.70. The molecule has 2 amide bonds. The van der Waals surface area contributed by atoms with E-state index in [1.807, 2.05) is 6.92 Å². The van der Waals surface area contributed by atoms with E-state index in [9.17, 15) is 23.5 Å². The Bertz CT molecular complexity index is 735. The van der Waals surface area contributed by atoms with E-state index in [4.69, 9.17) is 0 Å². The molecule has 4 atom stereocenters. The van der Waals surface area contributed by atoms with Crippen molar-refractivity contribution in [1.82, 2.24) is 15.5 Å². The van der Waals surface area contributed by atoms with Gasteiger partial charge in [0.2, 0.25) is 11.8 Å². The molecule has 2 fully saturated rings. The number of nitrogens with one attached hydrogen (secondary N) is 2. The zero-order valence-corrected chi connectivity index (χ0v) is 17.4. The van der Waals surface area contributed by atoms with Gasteiger partial charge in [0, 0.05) is 31.6 Å². The molecule has 30 heavy (non-hydrogen) atoms. The molecule has 0 spiro atoms. The zero-order valence-electron chi connectivity index (χ0n) is 17.4. The molecular weight excluding hydrogens is 392 g/mol. The second-order valence-corrected chi connectivity index (χ2v) is 8.38. The second kappa shape index (κ2) is 10.3. The third-order valence-electron chi connectivity index (χ3n) is 6.00. The lowest BCUT2D eigenvalue weighted by molar-refractivity contribution is -0.129. The normalized spacial score (nSPS) is 23.6. The zero-order chi connectivity index (χ0) is 21.7. The van der Waals surface area contributed by atoms with Gasteiger partial charge in [0.25, 0.3) is 0 Å². The van der Waals surface area contributed by atoms with Gasteiger partial charge in [-0.2, -0.15) is 0 Å². The Morgan fingerprint density at radius 2 is 2.07 bits per heavy atom. The Morgan fingerprint density at radius 3 is 2.70 bits per heavy atom. The molecule has 3 rings (SSSR count). The standard InChI is InChI=1S/C22H31F2N3O3/c1-2-3-7-27-13-15(11-20(27)28)22(30)26-19(21(29)18-5-4-6-25-18)10-14-8-16(23)12-17(24)9-14/h8-9,12,15,18-19,21,25,29H,2-7,10-11,13H2,1H3,(H,26,30)/t15-,18+,19-,21+/m0/s1. The van der Waals surface area contributed by atoms with Crippen LogP contribution in [0.4, 0.5) is 8.78 Å². The highest BCUT2D eigenvalue weighted by Gasteiger charge is 2.37. The SMILES string of the molecule is CCCCN1C[C@@H](C(=O)N[C@@H](Cc2cc(F)cc(F)c2)[C@H](O)[C@H]2CCCN2)CC1=O. The van der Waals surface area contributed by atoms with Crippen LogP contribution in [0.5, 0.6) is 0 Å². The predicted octanol–water partition coefficient (Wildman–Crippen LogP) is 1.75. The Morgan fingerprint density at radius 1 is 1.33 bits per heavy atom. The third-order valence-corrected chi connectivity index (χ3v) is 6.00. The first-order chi connectivity index (χ1) is 14.4. The van der Waals surface area contributed by atoms with Gasteiger partial charge < -0.3 is 20.6 Å². The molecule has 8 heteroatoms. The van der Waals surface area contributed by atoms with Gasteiger partial charge in [-0.1, -0.05) is 13.3 Å². The number of carbonyl (C=O) groups excluding carboxylic acids is 2. The quantitative estimate of drug-likeness (QED) is 0.565. The topological polar surface area (TPSA) is 81.7 Å². The number of aliphatic hydroxyl groups excluding tert-OH is 1. The number of benzene rings is 1. The molecule has 1 aromatic rings. The lowest BCUT2D eigenvalue weighted by atomic mass is 9.94. The van der Waals surface area contributed by atoms with Crippen molar-refractivity contribution in [3.63, 3.8) is 0 Å². The molecule has 0 aromatic heterocycles. The molecule has 0 unspecified atom stereocenters. The fraction of sp³-hybridized carbons (Fsp3) is 0.636. The minimum Gasteiger partial charge on any atom is -0.389 e. The molecule has 6 nitrogen and oxygen atoms in total. The summed E-state index contributed by atoms with van der Waals surface area (Å²) >= 11 is 0. The Kier molecular flexibility index (Phi) is 7.77. The van der Waals surface area contributed by atoms with Crippen LogP contribution in [0.15, 0.2) is 18.2 Å². The highest BCUT2D eigenvalue weighted by atomic mass is 19.1. The van der Waals surface area contributed by atoms with Crippen molar-refractivity contribution in [3.8, 4) is 0 Å². The molecule has 3 N–H and O–H groups in total. The van der Waals surface area contributed by atoms with Crippen molar-refractivity contribution in [1.29, 1.82) is 0 Å². The smallest absolute Gasteiger partial charge is 0.225 e. The molecule has 0 saturated carbocycles. The van der Waals surface area contributed by atoms with E-state index in [1.165, 1.54) is 12.1 Å². The van der Waals surface area contributed by atoms with Crippen LogP contribution < -0.4 is 10.6 Å². The summed E-state index contributed by atoms with van der Waals surface area (Å²) in [7, 11) is 0. The molecule has 1 aromatic carbocycles. The van der Waals surface area contributed by atoms with E-state index in [2.05, 4.69) is 10.6 Å². The summed E-state index contributed by atoms with van der Waals surface area (Å²) in [5.74, 6) is -2.22. The summed E-state index contributed by atoms with van der Waals surface area (Å²) in [5.41, 5.74) is 0.363. The van der Waals surface area contributed by atoms with E-state index >= 15 is 0 Å². The molecule has 2 aliphatic heterocycles. The first kappa shape index (κ1) is 22.6. The van der Waals surface area contributed by atoms with Crippen LogP contribution in [0, 0.1) is 17.6 Å². The summed E-state index contributed by atoms with van der Waals surface area (Å²) in [6.07, 6.45) is 2.87. The predicted molar refractivity (Wildman–Crippen MR) is 109 cm³/mol. The summed E-state index contributed by atoms with van der Waals surface area (Å²) in [6.45, 7) is 3.83. The van der Waals surface area contributed by atoms with Crippen molar-refractivity contribution in [2.45, 2.75) is 63.6 Å². The number of nitrogens with zero attached hydrogens (tertiary/aromatic N) is 1. The van der Waals surface area contributed by atoms with E-state index < -0.39 is 29.7 Å². The number of unbranched alkanes of at least 4 members (excludes halogenated alkanes) is 1. The largest absolute Gasteiger partial charge is 0.389 e. The van der Waals surface area contributed by atoms with Crippen molar-refractivity contribution in [2.75, 3.05) is 19.6 Å².